The van der Waals surface area contributed by atoms with Gasteiger partial charge < -0.3 is 14.3 Å². The van der Waals surface area contributed by atoms with E-state index in [0.29, 0.717) is 13.1 Å². The number of nitrogens with zero attached hydrogens (tertiary/aromatic N) is 1. The van der Waals surface area contributed by atoms with Gasteiger partial charge in [0, 0.05) is 12.6 Å². The van der Waals surface area contributed by atoms with Crippen molar-refractivity contribution in [3.05, 3.63) is 41.7 Å². The zero-order valence-electron chi connectivity index (χ0n) is 7.99. The van der Waals surface area contributed by atoms with Crippen LogP contribution in [-0.4, -0.2) is 5.16 Å². The normalized spacial score (nSPS) is 10.6. The fourth-order valence-corrected chi connectivity index (χ4v) is 1.22. The molecule has 2 aromatic heterocycles. The van der Waals surface area contributed by atoms with Crippen molar-refractivity contribution in [2.45, 2.75) is 20.0 Å². The highest BCUT2D eigenvalue weighted by molar-refractivity contribution is 5.05. The van der Waals surface area contributed by atoms with E-state index in [1.165, 1.54) is 0 Å². The lowest BCUT2D eigenvalue weighted by molar-refractivity contribution is 0.405. The molecule has 2 heterocycles. The highest BCUT2D eigenvalue weighted by atomic mass is 16.5. The zero-order valence-corrected chi connectivity index (χ0v) is 7.99. The van der Waals surface area contributed by atoms with Crippen molar-refractivity contribution in [2.75, 3.05) is 0 Å². The minimum atomic E-state index is 0.691. The van der Waals surface area contributed by atoms with Crippen molar-refractivity contribution in [3.8, 4) is 0 Å². The molecule has 0 aromatic carbocycles. The summed E-state index contributed by atoms with van der Waals surface area (Å²) in [6.45, 7) is 3.33. The molecule has 2 rings (SSSR count). The summed E-state index contributed by atoms with van der Waals surface area (Å²) >= 11 is 0. The van der Waals surface area contributed by atoms with Crippen LogP contribution in [0.25, 0.3) is 0 Å². The second-order valence-electron chi connectivity index (χ2n) is 3.11. The van der Waals surface area contributed by atoms with E-state index in [0.717, 1.165) is 17.2 Å². The number of hydrogen-bond acceptors (Lipinski definition) is 4. The second kappa shape index (κ2) is 4.11. The van der Waals surface area contributed by atoms with Gasteiger partial charge in [-0.1, -0.05) is 5.16 Å². The Morgan fingerprint density at radius 2 is 2.21 bits per heavy atom. The maximum Gasteiger partial charge on any atom is 0.124 e. The van der Waals surface area contributed by atoms with Crippen LogP contribution >= 0.6 is 0 Å². The predicted molar refractivity (Wildman–Crippen MR) is 50.5 cm³/mol. The molecule has 0 aliphatic carbocycles. The lowest BCUT2D eigenvalue weighted by Gasteiger charge is -1.98. The minimum Gasteiger partial charge on any atom is -0.465 e. The van der Waals surface area contributed by atoms with E-state index >= 15 is 0 Å². The van der Waals surface area contributed by atoms with E-state index in [4.69, 9.17) is 8.94 Å². The molecule has 0 radical (unpaired) electrons. The summed E-state index contributed by atoms with van der Waals surface area (Å²) in [5.74, 6) is 1.87. The van der Waals surface area contributed by atoms with E-state index in [2.05, 4.69) is 10.5 Å². The fraction of sp³-hybridized carbons (Fsp3) is 0.300. The molecule has 0 atom stereocenters. The molecule has 0 saturated heterocycles. The molecule has 0 spiro atoms. The summed E-state index contributed by atoms with van der Waals surface area (Å²) in [4.78, 5) is 0. The summed E-state index contributed by atoms with van der Waals surface area (Å²) in [5.41, 5.74) is 0.897. The molecule has 14 heavy (non-hydrogen) atoms. The van der Waals surface area contributed by atoms with Crippen molar-refractivity contribution in [1.82, 2.24) is 10.5 Å². The molecular formula is C10H12N2O2. The molecule has 2 aromatic rings. The van der Waals surface area contributed by atoms with Gasteiger partial charge in [-0.2, -0.15) is 0 Å². The molecule has 0 saturated carbocycles. The van der Waals surface area contributed by atoms with Crippen LogP contribution in [0.15, 0.2) is 33.4 Å². The molecule has 1 N–H and O–H groups in total. The first kappa shape index (κ1) is 9.02. The van der Waals surface area contributed by atoms with Crippen LogP contribution in [0.5, 0.6) is 0 Å². The Bertz CT molecular complexity index is 378. The van der Waals surface area contributed by atoms with E-state index in [9.17, 15) is 0 Å². The van der Waals surface area contributed by atoms with Crippen LogP contribution in [0.2, 0.25) is 0 Å². The molecule has 4 nitrogen and oxygen atoms in total. The predicted octanol–water partition coefficient (Wildman–Crippen LogP) is 1.87. The van der Waals surface area contributed by atoms with Gasteiger partial charge in [0.2, 0.25) is 0 Å². The van der Waals surface area contributed by atoms with Gasteiger partial charge in [-0.3, -0.25) is 0 Å². The topological polar surface area (TPSA) is 51.2 Å². The van der Waals surface area contributed by atoms with Crippen molar-refractivity contribution in [1.29, 1.82) is 0 Å². The van der Waals surface area contributed by atoms with Gasteiger partial charge in [-0.25, -0.2) is 0 Å². The highest BCUT2D eigenvalue weighted by Gasteiger charge is 1.99. The number of nitrogens with one attached hydrogen (secondary N) is 1. The van der Waals surface area contributed by atoms with Gasteiger partial charge in [-0.15, -0.1) is 0 Å². The third-order valence-corrected chi connectivity index (χ3v) is 1.89. The van der Waals surface area contributed by atoms with Gasteiger partial charge in [0.05, 0.1) is 12.2 Å². The Balaban J connectivity index is 1.78. The Hall–Kier alpha value is -1.55. The van der Waals surface area contributed by atoms with Crippen molar-refractivity contribution < 1.29 is 8.94 Å². The largest absolute Gasteiger partial charge is 0.465 e. The van der Waals surface area contributed by atoms with E-state index in [-0.39, 0.29) is 0 Å². The van der Waals surface area contributed by atoms with Gasteiger partial charge in [-0.05, 0) is 19.1 Å². The van der Waals surface area contributed by atoms with Crippen LogP contribution in [0.1, 0.15) is 17.2 Å². The first-order chi connectivity index (χ1) is 6.84. The molecule has 0 unspecified atom stereocenters. The van der Waals surface area contributed by atoms with Gasteiger partial charge in [0.25, 0.3) is 0 Å². The molecule has 0 amide bonds. The molecule has 4 heteroatoms. The van der Waals surface area contributed by atoms with Crippen LogP contribution < -0.4 is 5.32 Å². The fourth-order valence-electron chi connectivity index (χ4n) is 1.22. The lowest BCUT2D eigenvalue weighted by Crippen LogP contribution is -2.12. The van der Waals surface area contributed by atoms with E-state index in [1.54, 1.807) is 6.26 Å². The lowest BCUT2D eigenvalue weighted by atomic mass is 10.4. The van der Waals surface area contributed by atoms with Crippen LogP contribution in [0.4, 0.5) is 0 Å². The minimum absolute atomic E-state index is 0.691. The Kier molecular flexibility index (Phi) is 2.65. The van der Waals surface area contributed by atoms with Crippen LogP contribution in [0.3, 0.4) is 0 Å². The standard InChI is InChI=1S/C10H12N2O2/c1-8-2-3-10(14-8)7-11-6-9-4-5-13-12-9/h2-5,11H,6-7H2,1H3. The molecule has 0 fully saturated rings. The van der Waals surface area contributed by atoms with Crippen molar-refractivity contribution in [3.63, 3.8) is 0 Å². The van der Waals surface area contributed by atoms with E-state index in [1.807, 2.05) is 25.1 Å². The molecule has 0 aliphatic heterocycles. The van der Waals surface area contributed by atoms with Gasteiger partial charge in [0.15, 0.2) is 0 Å². The number of aromatic nitrogens is 1. The monoisotopic (exact) mass is 192 g/mol. The highest BCUT2D eigenvalue weighted by Crippen LogP contribution is 2.05. The average molecular weight is 192 g/mol. The number of rotatable bonds is 4. The van der Waals surface area contributed by atoms with Crippen molar-refractivity contribution in [2.24, 2.45) is 0 Å². The number of furan rings is 1. The maximum absolute atomic E-state index is 5.40. The van der Waals surface area contributed by atoms with Crippen LogP contribution in [0, 0.1) is 6.92 Å². The molecule has 0 aliphatic rings. The summed E-state index contributed by atoms with van der Waals surface area (Å²) in [5, 5.41) is 6.99. The summed E-state index contributed by atoms with van der Waals surface area (Å²) in [6, 6.07) is 5.75. The van der Waals surface area contributed by atoms with Gasteiger partial charge in [0.1, 0.15) is 17.8 Å². The zero-order chi connectivity index (χ0) is 9.80. The molecular weight excluding hydrogens is 180 g/mol. The third-order valence-electron chi connectivity index (χ3n) is 1.89. The quantitative estimate of drug-likeness (QED) is 0.803. The molecule has 74 valence electrons. The Morgan fingerprint density at radius 3 is 2.86 bits per heavy atom. The number of hydrogen-bond donors (Lipinski definition) is 1. The molecule has 0 bridgehead atoms. The maximum atomic E-state index is 5.40. The van der Waals surface area contributed by atoms with Crippen molar-refractivity contribution >= 4 is 0 Å². The third kappa shape index (κ3) is 2.23. The summed E-state index contributed by atoms with van der Waals surface area (Å²) in [7, 11) is 0. The van der Waals surface area contributed by atoms with Crippen LogP contribution in [-0.2, 0) is 13.1 Å². The first-order valence-electron chi connectivity index (χ1n) is 4.50. The Morgan fingerprint density at radius 1 is 1.29 bits per heavy atom. The van der Waals surface area contributed by atoms with E-state index < -0.39 is 0 Å². The van der Waals surface area contributed by atoms with Gasteiger partial charge >= 0.3 is 0 Å². The summed E-state index contributed by atoms with van der Waals surface area (Å²) in [6.07, 6.45) is 1.56. The second-order valence-corrected chi connectivity index (χ2v) is 3.11. The smallest absolute Gasteiger partial charge is 0.124 e. The number of aryl methyl sites for hydroxylation is 1. The SMILES string of the molecule is Cc1ccc(CNCc2ccon2)o1. The Labute approximate surface area is 81.9 Å². The average Bonchev–Trinajstić information content (AvgIpc) is 2.77. The summed E-state index contributed by atoms with van der Waals surface area (Å²) < 4.78 is 10.1. The first-order valence-corrected chi connectivity index (χ1v) is 4.50.